The second kappa shape index (κ2) is 2.58. The first-order valence-electron chi connectivity index (χ1n) is 2.72. The van der Waals surface area contributed by atoms with E-state index in [2.05, 4.69) is 36.1 Å². The highest BCUT2D eigenvalue weighted by Gasteiger charge is 1.99. The second-order valence-electron chi connectivity index (χ2n) is 1.60. The zero-order valence-corrected chi connectivity index (χ0v) is 6.04. The summed E-state index contributed by atoms with van der Waals surface area (Å²) in [6.45, 7) is 0. The van der Waals surface area contributed by atoms with E-state index in [0.717, 1.165) is 0 Å². The van der Waals surface area contributed by atoms with E-state index in [1.165, 1.54) is 11.3 Å². The van der Waals surface area contributed by atoms with Crippen LogP contribution in [0, 0.1) is 0 Å². The van der Waals surface area contributed by atoms with Crippen LogP contribution in [-0.4, -0.2) is 30.8 Å². The van der Waals surface area contributed by atoms with Crippen LogP contribution >= 0.6 is 11.3 Å². The van der Waals surface area contributed by atoms with Crippen molar-refractivity contribution in [2.45, 2.75) is 0 Å². The number of tetrazole rings is 1. The first kappa shape index (κ1) is 6.16. The molecule has 8 heteroatoms. The van der Waals surface area contributed by atoms with E-state index in [-0.39, 0.29) is 0 Å². The molecule has 0 aromatic carbocycles. The molecule has 0 aliphatic heterocycles. The third kappa shape index (κ3) is 1.29. The van der Waals surface area contributed by atoms with Crippen LogP contribution < -0.4 is 5.32 Å². The summed E-state index contributed by atoms with van der Waals surface area (Å²) in [5.74, 6) is 0.391. The van der Waals surface area contributed by atoms with E-state index < -0.39 is 0 Å². The largest absolute Gasteiger partial charge is 0.296 e. The molecule has 0 saturated carbocycles. The van der Waals surface area contributed by atoms with Crippen molar-refractivity contribution in [2.24, 2.45) is 0 Å². The highest BCUT2D eigenvalue weighted by molar-refractivity contribution is 7.13. The highest BCUT2D eigenvalue weighted by Crippen LogP contribution is 2.11. The third-order valence-electron chi connectivity index (χ3n) is 0.924. The number of nitrogens with zero attached hydrogens (tertiary/aromatic N) is 5. The second-order valence-corrected chi connectivity index (χ2v) is 2.44. The number of rotatable bonds is 2. The van der Waals surface area contributed by atoms with Gasteiger partial charge in [0.15, 0.2) is 0 Å². The molecule has 56 valence electrons. The Morgan fingerprint density at radius 1 is 1.45 bits per heavy atom. The van der Waals surface area contributed by atoms with Gasteiger partial charge in [-0.25, -0.2) is 0 Å². The molecule has 0 amide bonds. The average Bonchev–Trinajstić information content (AvgIpc) is 2.60. The Morgan fingerprint density at radius 2 is 2.45 bits per heavy atom. The van der Waals surface area contributed by atoms with Crippen LogP contribution in [0.4, 0.5) is 11.1 Å². The number of hydrogen-bond acceptors (Lipinski definition) is 7. The molecule has 0 saturated heterocycles. The Balaban J connectivity index is 2.14. The molecule has 0 fully saturated rings. The molecule has 0 aliphatic carbocycles. The Hall–Kier alpha value is -1.57. The molecule has 11 heavy (non-hydrogen) atoms. The predicted molar refractivity (Wildman–Crippen MR) is 37.4 cm³/mol. The fourth-order valence-electron chi connectivity index (χ4n) is 0.538. The number of aromatic amines is 1. The van der Waals surface area contributed by atoms with Crippen LogP contribution in [0.1, 0.15) is 0 Å². The number of H-pyrrole nitrogens is 1. The zero-order chi connectivity index (χ0) is 7.52. The van der Waals surface area contributed by atoms with Crippen LogP contribution in [0.15, 0.2) is 5.51 Å². The smallest absolute Gasteiger partial charge is 0.269 e. The van der Waals surface area contributed by atoms with Gasteiger partial charge in [0, 0.05) is 0 Å². The summed E-state index contributed by atoms with van der Waals surface area (Å²) < 4.78 is 0. The van der Waals surface area contributed by atoms with Crippen molar-refractivity contribution in [3.63, 3.8) is 0 Å². The summed E-state index contributed by atoms with van der Waals surface area (Å²) in [7, 11) is 0. The Morgan fingerprint density at radius 3 is 3.09 bits per heavy atom. The van der Waals surface area contributed by atoms with Gasteiger partial charge in [0.05, 0.1) is 0 Å². The van der Waals surface area contributed by atoms with Gasteiger partial charge in [0.25, 0.3) is 5.95 Å². The Kier molecular flexibility index (Phi) is 1.44. The number of nitrogens with one attached hydrogen (secondary N) is 2. The lowest BCUT2D eigenvalue weighted by atomic mass is 11.0. The molecule has 2 aromatic heterocycles. The van der Waals surface area contributed by atoms with E-state index in [1.807, 2.05) is 0 Å². The first-order chi connectivity index (χ1) is 5.45. The van der Waals surface area contributed by atoms with Crippen molar-refractivity contribution in [3.05, 3.63) is 5.51 Å². The van der Waals surface area contributed by atoms with Gasteiger partial charge in [-0.1, -0.05) is 16.4 Å². The molecule has 0 unspecified atom stereocenters. The summed E-state index contributed by atoms with van der Waals surface area (Å²) in [6, 6.07) is 0. The molecule has 2 heterocycles. The van der Waals surface area contributed by atoms with Crippen molar-refractivity contribution in [1.29, 1.82) is 0 Å². The Labute approximate surface area is 64.9 Å². The maximum atomic E-state index is 3.73. The summed E-state index contributed by atoms with van der Waals surface area (Å²) in [5, 5.41) is 23.8. The van der Waals surface area contributed by atoms with Gasteiger partial charge in [-0.3, -0.25) is 5.32 Å². The van der Waals surface area contributed by atoms with Crippen molar-refractivity contribution < 1.29 is 0 Å². The standard InChI is InChI=1S/C3H3N7S/c1-4-8-3(11-1)5-2-6-9-10-7-2/h1H,(H2,5,6,7,8,9,10). The molecule has 0 bridgehead atoms. The molecule has 0 spiro atoms. The molecule has 2 rings (SSSR count). The van der Waals surface area contributed by atoms with Gasteiger partial charge in [0.1, 0.15) is 5.51 Å². The highest BCUT2D eigenvalue weighted by atomic mass is 32.1. The van der Waals surface area contributed by atoms with E-state index in [1.54, 1.807) is 5.51 Å². The lowest BCUT2D eigenvalue weighted by molar-refractivity contribution is 0.881. The minimum Gasteiger partial charge on any atom is -0.296 e. The van der Waals surface area contributed by atoms with E-state index >= 15 is 0 Å². The predicted octanol–water partition coefficient (Wildman–Crippen LogP) is -0.205. The average molecular weight is 169 g/mol. The van der Waals surface area contributed by atoms with Crippen LogP contribution in [0.2, 0.25) is 0 Å². The molecular formula is C3H3N7S. The Bertz CT molecular complexity index is 266. The van der Waals surface area contributed by atoms with Gasteiger partial charge in [0.2, 0.25) is 5.13 Å². The lowest BCUT2D eigenvalue weighted by Gasteiger charge is -1.89. The summed E-state index contributed by atoms with van der Waals surface area (Å²) in [4.78, 5) is 0. The summed E-state index contributed by atoms with van der Waals surface area (Å²) in [6.07, 6.45) is 0. The molecule has 0 atom stereocenters. The minimum absolute atomic E-state index is 0.391. The molecule has 2 N–H and O–H groups in total. The van der Waals surface area contributed by atoms with Gasteiger partial charge in [-0.15, -0.1) is 15.3 Å². The number of aromatic nitrogens is 6. The van der Waals surface area contributed by atoms with E-state index in [4.69, 9.17) is 0 Å². The van der Waals surface area contributed by atoms with E-state index in [9.17, 15) is 0 Å². The van der Waals surface area contributed by atoms with Crippen molar-refractivity contribution in [3.8, 4) is 0 Å². The molecule has 2 aromatic rings. The molecule has 0 radical (unpaired) electrons. The van der Waals surface area contributed by atoms with Gasteiger partial charge < -0.3 is 0 Å². The monoisotopic (exact) mass is 169 g/mol. The molecule has 0 aliphatic rings. The normalized spacial score (nSPS) is 9.82. The maximum Gasteiger partial charge on any atom is 0.269 e. The van der Waals surface area contributed by atoms with Crippen molar-refractivity contribution in [2.75, 3.05) is 5.32 Å². The van der Waals surface area contributed by atoms with Crippen molar-refractivity contribution in [1.82, 2.24) is 30.8 Å². The van der Waals surface area contributed by atoms with Crippen LogP contribution in [0.5, 0.6) is 0 Å². The van der Waals surface area contributed by atoms with Crippen LogP contribution in [0.3, 0.4) is 0 Å². The third-order valence-corrected chi connectivity index (χ3v) is 1.53. The van der Waals surface area contributed by atoms with Gasteiger partial charge in [-0.2, -0.15) is 5.21 Å². The number of hydrogen-bond donors (Lipinski definition) is 2. The zero-order valence-electron chi connectivity index (χ0n) is 5.22. The first-order valence-corrected chi connectivity index (χ1v) is 3.60. The molecular weight excluding hydrogens is 166 g/mol. The van der Waals surface area contributed by atoms with Gasteiger partial charge in [-0.05, 0) is 5.21 Å². The van der Waals surface area contributed by atoms with Crippen LogP contribution in [-0.2, 0) is 0 Å². The summed E-state index contributed by atoms with van der Waals surface area (Å²) >= 11 is 1.37. The number of anilines is 2. The SMILES string of the molecule is c1nnc(Nc2nn[nH]n2)s1. The fraction of sp³-hybridized carbons (Fsp3) is 0. The topological polar surface area (TPSA) is 92.3 Å². The lowest BCUT2D eigenvalue weighted by Crippen LogP contribution is -1.91. The fourth-order valence-corrected chi connectivity index (χ4v) is 0.977. The minimum atomic E-state index is 0.391. The quantitative estimate of drug-likeness (QED) is 0.646. The molecule has 7 nitrogen and oxygen atoms in total. The van der Waals surface area contributed by atoms with Crippen LogP contribution in [0.25, 0.3) is 0 Å². The summed E-state index contributed by atoms with van der Waals surface area (Å²) in [5.41, 5.74) is 1.61. The van der Waals surface area contributed by atoms with Gasteiger partial charge >= 0.3 is 0 Å². The van der Waals surface area contributed by atoms with E-state index in [0.29, 0.717) is 11.1 Å². The maximum absolute atomic E-state index is 3.73. The van der Waals surface area contributed by atoms with Crippen molar-refractivity contribution >= 4 is 22.4 Å².